The molecule has 1 amide bonds. The van der Waals surface area contributed by atoms with Gasteiger partial charge in [0.15, 0.2) is 11.5 Å². The van der Waals surface area contributed by atoms with Gasteiger partial charge in [-0.15, -0.1) is 0 Å². The molecule has 2 heterocycles. The number of aromatic amines is 1. The molecule has 1 atom stereocenters. The van der Waals surface area contributed by atoms with Gasteiger partial charge in [-0.25, -0.2) is 4.39 Å². The predicted octanol–water partition coefficient (Wildman–Crippen LogP) is 4.65. The van der Waals surface area contributed by atoms with Crippen LogP contribution in [0.2, 0.25) is 0 Å². The van der Waals surface area contributed by atoms with Crippen LogP contribution in [-0.2, 0) is 0 Å². The Bertz CT molecular complexity index is 1090. The van der Waals surface area contributed by atoms with Crippen molar-refractivity contribution in [3.05, 3.63) is 59.5 Å². The molecule has 33 heavy (non-hydrogen) atoms. The van der Waals surface area contributed by atoms with Crippen LogP contribution in [-0.4, -0.2) is 55.4 Å². The molecule has 0 bridgehead atoms. The van der Waals surface area contributed by atoms with E-state index >= 15 is 0 Å². The molecule has 0 radical (unpaired) electrons. The number of likely N-dealkylation sites (tertiary alicyclic amines) is 1. The van der Waals surface area contributed by atoms with E-state index in [1.54, 1.807) is 39.5 Å². The molecule has 3 aromatic rings. The van der Waals surface area contributed by atoms with Crippen LogP contribution < -0.4 is 14.2 Å². The Morgan fingerprint density at radius 3 is 2.36 bits per heavy atom. The van der Waals surface area contributed by atoms with Gasteiger partial charge in [-0.3, -0.25) is 9.89 Å². The normalized spacial score (nSPS) is 16.2. The number of nitrogens with one attached hydrogen (secondary N) is 1. The first kappa shape index (κ1) is 22.6. The molecule has 1 aromatic heterocycles. The molecule has 1 aliphatic heterocycles. The summed E-state index contributed by atoms with van der Waals surface area (Å²) in [4.78, 5) is 15.2. The third-order valence-corrected chi connectivity index (χ3v) is 6.07. The van der Waals surface area contributed by atoms with E-state index in [0.29, 0.717) is 41.7 Å². The van der Waals surface area contributed by atoms with Gasteiger partial charge >= 0.3 is 0 Å². The zero-order chi connectivity index (χ0) is 23.4. The SMILES string of the molecule is COc1cc(-c2cc(C(=O)N3CCCCC(c4ccc(F)cc4)C3)[nH]n2)cc(OC)c1OC. The molecular formula is C25H28FN3O4. The van der Waals surface area contributed by atoms with E-state index in [2.05, 4.69) is 10.2 Å². The van der Waals surface area contributed by atoms with Gasteiger partial charge in [0.25, 0.3) is 5.91 Å². The van der Waals surface area contributed by atoms with Gasteiger partial charge in [0, 0.05) is 24.6 Å². The van der Waals surface area contributed by atoms with E-state index in [1.807, 2.05) is 17.0 Å². The highest BCUT2D eigenvalue weighted by Crippen LogP contribution is 2.41. The number of carbonyl (C=O) groups is 1. The van der Waals surface area contributed by atoms with Gasteiger partial charge in [0.05, 0.1) is 27.0 Å². The lowest BCUT2D eigenvalue weighted by Gasteiger charge is -2.24. The minimum absolute atomic E-state index is 0.102. The smallest absolute Gasteiger partial charge is 0.271 e. The number of rotatable bonds is 6. The predicted molar refractivity (Wildman–Crippen MR) is 123 cm³/mol. The molecule has 1 saturated heterocycles. The summed E-state index contributed by atoms with van der Waals surface area (Å²) in [5.41, 5.74) is 2.81. The van der Waals surface area contributed by atoms with E-state index in [0.717, 1.165) is 30.4 Å². The zero-order valence-electron chi connectivity index (χ0n) is 19.1. The summed E-state index contributed by atoms with van der Waals surface area (Å²) in [7, 11) is 4.65. The van der Waals surface area contributed by atoms with Gasteiger partial charge in [0.1, 0.15) is 11.5 Å². The highest BCUT2D eigenvalue weighted by atomic mass is 19.1. The molecular weight excluding hydrogens is 425 g/mol. The fraction of sp³-hybridized carbons (Fsp3) is 0.360. The second kappa shape index (κ2) is 9.94. The minimum Gasteiger partial charge on any atom is -0.493 e. The van der Waals surface area contributed by atoms with Crippen LogP contribution in [0.4, 0.5) is 4.39 Å². The molecule has 0 saturated carbocycles. The lowest BCUT2D eigenvalue weighted by molar-refractivity contribution is 0.0748. The van der Waals surface area contributed by atoms with Gasteiger partial charge in [-0.05, 0) is 48.7 Å². The topological polar surface area (TPSA) is 76.7 Å². The number of H-pyrrole nitrogens is 1. The van der Waals surface area contributed by atoms with Gasteiger partial charge in [0.2, 0.25) is 5.75 Å². The van der Waals surface area contributed by atoms with Crippen molar-refractivity contribution >= 4 is 5.91 Å². The Kier molecular flexibility index (Phi) is 6.82. The van der Waals surface area contributed by atoms with Crippen LogP contribution in [0.25, 0.3) is 11.3 Å². The number of ether oxygens (including phenoxy) is 3. The van der Waals surface area contributed by atoms with Crippen LogP contribution in [0, 0.1) is 5.82 Å². The van der Waals surface area contributed by atoms with Crippen molar-refractivity contribution in [1.82, 2.24) is 15.1 Å². The van der Waals surface area contributed by atoms with E-state index in [1.165, 1.54) is 12.1 Å². The van der Waals surface area contributed by atoms with Gasteiger partial charge in [-0.1, -0.05) is 18.6 Å². The third kappa shape index (κ3) is 4.79. The van der Waals surface area contributed by atoms with E-state index in [4.69, 9.17) is 14.2 Å². The van der Waals surface area contributed by atoms with Gasteiger partial charge < -0.3 is 19.1 Å². The Balaban J connectivity index is 1.56. The summed E-state index contributed by atoms with van der Waals surface area (Å²) >= 11 is 0. The molecule has 1 fully saturated rings. The molecule has 174 valence electrons. The second-order valence-corrected chi connectivity index (χ2v) is 8.08. The zero-order valence-corrected chi connectivity index (χ0v) is 19.1. The molecule has 1 unspecified atom stereocenters. The Labute approximate surface area is 192 Å². The number of benzene rings is 2. The quantitative estimate of drug-likeness (QED) is 0.588. The molecule has 0 aliphatic carbocycles. The van der Waals surface area contributed by atoms with E-state index < -0.39 is 0 Å². The van der Waals surface area contributed by atoms with Gasteiger partial charge in [-0.2, -0.15) is 5.10 Å². The Morgan fingerprint density at radius 2 is 1.73 bits per heavy atom. The summed E-state index contributed by atoms with van der Waals surface area (Å²) < 4.78 is 29.6. The second-order valence-electron chi connectivity index (χ2n) is 8.08. The molecule has 2 aromatic carbocycles. The maximum atomic E-state index is 13.3. The maximum Gasteiger partial charge on any atom is 0.271 e. The first-order chi connectivity index (χ1) is 16.0. The standard InChI is InChI=1S/C25H28FN3O4/c1-31-22-12-18(13-23(32-2)24(22)33-3)20-14-21(28-27-20)25(30)29-11-5-4-6-17(15-29)16-7-9-19(26)10-8-16/h7-10,12-14,17H,4-6,11,15H2,1-3H3,(H,27,28). The van der Waals surface area contributed by atoms with Crippen LogP contribution in [0.1, 0.15) is 41.2 Å². The molecule has 8 heteroatoms. The van der Waals surface area contributed by atoms with Crippen molar-refractivity contribution in [1.29, 1.82) is 0 Å². The summed E-state index contributed by atoms with van der Waals surface area (Å²) in [6.45, 7) is 1.26. The van der Waals surface area contributed by atoms with Crippen molar-refractivity contribution in [2.24, 2.45) is 0 Å². The first-order valence-corrected chi connectivity index (χ1v) is 10.9. The highest BCUT2D eigenvalue weighted by molar-refractivity contribution is 5.93. The molecule has 4 rings (SSSR count). The molecule has 1 aliphatic rings. The lowest BCUT2D eigenvalue weighted by Crippen LogP contribution is -2.34. The van der Waals surface area contributed by atoms with E-state index in [9.17, 15) is 9.18 Å². The number of carbonyl (C=O) groups excluding carboxylic acids is 1. The third-order valence-electron chi connectivity index (χ3n) is 6.07. The number of aromatic nitrogens is 2. The molecule has 7 nitrogen and oxygen atoms in total. The van der Waals surface area contributed by atoms with Crippen LogP contribution >= 0.6 is 0 Å². The number of amides is 1. The van der Waals surface area contributed by atoms with Crippen molar-refractivity contribution in [2.75, 3.05) is 34.4 Å². The first-order valence-electron chi connectivity index (χ1n) is 10.9. The van der Waals surface area contributed by atoms with Crippen LogP contribution in [0.3, 0.4) is 0 Å². The lowest BCUT2D eigenvalue weighted by atomic mass is 9.94. The van der Waals surface area contributed by atoms with Crippen LogP contribution in [0.5, 0.6) is 17.2 Å². The number of hydrogen-bond donors (Lipinski definition) is 1. The summed E-state index contributed by atoms with van der Waals surface area (Å²) in [6, 6.07) is 11.9. The highest BCUT2D eigenvalue weighted by Gasteiger charge is 2.26. The fourth-order valence-corrected chi connectivity index (χ4v) is 4.31. The summed E-state index contributed by atoms with van der Waals surface area (Å²) in [5.74, 6) is 1.34. The van der Waals surface area contributed by atoms with Crippen LogP contribution in [0.15, 0.2) is 42.5 Å². The monoisotopic (exact) mass is 453 g/mol. The summed E-state index contributed by atoms with van der Waals surface area (Å²) in [5, 5.41) is 7.24. The Hall–Kier alpha value is -3.55. The number of hydrogen-bond acceptors (Lipinski definition) is 5. The van der Waals surface area contributed by atoms with Crippen molar-refractivity contribution < 1.29 is 23.4 Å². The average Bonchev–Trinajstić information content (AvgIpc) is 3.21. The fourth-order valence-electron chi connectivity index (χ4n) is 4.31. The number of nitrogens with zero attached hydrogens (tertiary/aromatic N) is 2. The number of halogens is 1. The van der Waals surface area contributed by atoms with E-state index in [-0.39, 0.29) is 17.6 Å². The summed E-state index contributed by atoms with van der Waals surface area (Å²) in [6.07, 6.45) is 2.91. The average molecular weight is 454 g/mol. The molecule has 0 spiro atoms. The van der Waals surface area contributed by atoms with Crippen molar-refractivity contribution in [3.8, 4) is 28.5 Å². The van der Waals surface area contributed by atoms with Crippen molar-refractivity contribution in [3.63, 3.8) is 0 Å². The largest absolute Gasteiger partial charge is 0.493 e. The molecule has 1 N–H and O–H groups in total. The van der Waals surface area contributed by atoms with Crippen molar-refractivity contribution in [2.45, 2.75) is 25.2 Å². The maximum absolute atomic E-state index is 13.3. The Morgan fingerprint density at radius 1 is 1.03 bits per heavy atom. The minimum atomic E-state index is -0.253. The number of methoxy groups -OCH3 is 3.